The summed E-state index contributed by atoms with van der Waals surface area (Å²) < 4.78 is 21.5. The number of ether oxygens (including phenoxy) is 1. The zero-order chi connectivity index (χ0) is 14.1. The molecule has 5 nitrogen and oxygen atoms in total. The third kappa shape index (κ3) is 4.75. The first-order valence-electron chi connectivity index (χ1n) is 6.03. The highest BCUT2D eigenvalue weighted by molar-refractivity contribution is 6.60. The van der Waals surface area contributed by atoms with E-state index in [4.69, 9.17) is 18.0 Å². The second-order valence-electron chi connectivity index (χ2n) is 3.93. The standard InChI is InChI=1S/C13H20O5Si/c1-15-19(16-2,17-3)10-4-9-18-13-7-5-12(11-14)6-8-13/h5-8,11H,4,9-10H2,1-3H3. The number of hydrogen-bond donors (Lipinski definition) is 0. The molecule has 0 aliphatic heterocycles. The van der Waals surface area contributed by atoms with Gasteiger partial charge < -0.3 is 18.0 Å². The first-order chi connectivity index (χ1) is 9.19. The molecule has 0 radical (unpaired) electrons. The van der Waals surface area contributed by atoms with Crippen LogP contribution in [0.3, 0.4) is 0 Å². The summed E-state index contributed by atoms with van der Waals surface area (Å²) >= 11 is 0. The molecule has 6 heteroatoms. The van der Waals surface area contributed by atoms with Gasteiger partial charge >= 0.3 is 8.80 Å². The molecule has 0 saturated carbocycles. The van der Waals surface area contributed by atoms with Crippen LogP contribution in [0.15, 0.2) is 24.3 Å². The van der Waals surface area contributed by atoms with Crippen LogP contribution in [-0.4, -0.2) is 43.0 Å². The van der Waals surface area contributed by atoms with Gasteiger partial charge in [0.05, 0.1) is 6.61 Å². The molecule has 0 spiro atoms. The molecule has 0 aliphatic carbocycles. The van der Waals surface area contributed by atoms with E-state index in [2.05, 4.69) is 0 Å². The SMILES string of the molecule is CO[Si](CCCOc1ccc(C=O)cc1)(OC)OC. The minimum Gasteiger partial charge on any atom is -0.494 e. The summed E-state index contributed by atoms with van der Waals surface area (Å²) in [5.74, 6) is 0.741. The fraction of sp³-hybridized carbons (Fsp3) is 0.462. The molecule has 0 aromatic heterocycles. The van der Waals surface area contributed by atoms with E-state index in [0.29, 0.717) is 18.2 Å². The van der Waals surface area contributed by atoms with Crippen LogP contribution >= 0.6 is 0 Å². The summed E-state index contributed by atoms with van der Waals surface area (Å²) in [4.78, 5) is 10.5. The molecule has 0 atom stereocenters. The number of rotatable bonds is 9. The number of carbonyl (C=O) groups excluding carboxylic acids is 1. The van der Waals surface area contributed by atoms with E-state index in [0.717, 1.165) is 18.5 Å². The molecule has 106 valence electrons. The Balaban J connectivity index is 2.35. The Hall–Kier alpha value is -1.21. The van der Waals surface area contributed by atoms with Crippen molar-refractivity contribution >= 4 is 15.1 Å². The summed E-state index contributed by atoms with van der Waals surface area (Å²) in [5.41, 5.74) is 0.636. The van der Waals surface area contributed by atoms with Gasteiger partial charge in [-0.2, -0.15) is 0 Å². The molecular weight excluding hydrogens is 264 g/mol. The highest BCUT2D eigenvalue weighted by atomic mass is 28.4. The number of carbonyl (C=O) groups is 1. The van der Waals surface area contributed by atoms with E-state index in [-0.39, 0.29) is 0 Å². The number of aldehydes is 1. The van der Waals surface area contributed by atoms with Gasteiger partial charge in [0.15, 0.2) is 0 Å². The van der Waals surface area contributed by atoms with Gasteiger partial charge in [-0.05, 0) is 30.7 Å². The van der Waals surface area contributed by atoms with Gasteiger partial charge in [-0.25, -0.2) is 0 Å². The molecule has 0 N–H and O–H groups in total. The van der Waals surface area contributed by atoms with Crippen LogP contribution in [0.2, 0.25) is 6.04 Å². The third-order valence-electron chi connectivity index (χ3n) is 2.85. The van der Waals surface area contributed by atoms with Crippen LogP contribution in [0.4, 0.5) is 0 Å². The monoisotopic (exact) mass is 284 g/mol. The predicted molar refractivity (Wildman–Crippen MR) is 73.5 cm³/mol. The average Bonchev–Trinajstić information content (AvgIpc) is 2.49. The first-order valence-corrected chi connectivity index (χ1v) is 7.96. The second-order valence-corrected chi connectivity index (χ2v) is 7.03. The van der Waals surface area contributed by atoms with Gasteiger partial charge in [-0.3, -0.25) is 4.79 Å². The highest BCUT2D eigenvalue weighted by Crippen LogP contribution is 2.16. The van der Waals surface area contributed by atoms with Crippen LogP contribution in [0.25, 0.3) is 0 Å². The van der Waals surface area contributed by atoms with E-state index >= 15 is 0 Å². The van der Waals surface area contributed by atoms with E-state index in [1.165, 1.54) is 0 Å². The van der Waals surface area contributed by atoms with Gasteiger partial charge in [0.1, 0.15) is 12.0 Å². The van der Waals surface area contributed by atoms with E-state index < -0.39 is 8.80 Å². The zero-order valence-corrected chi connectivity index (χ0v) is 12.5. The Morgan fingerprint density at radius 2 is 1.63 bits per heavy atom. The fourth-order valence-corrected chi connectivity index (χ4v) is 3.37. The van der Waals surface area contributed by atoms with Crippen molar-refractivity contribution in [3.05, 3.63) is 29.8 Å². The summed E-state index contributed by atoms with van der Waals surface area (Å²) in [6, 6.07) is 7.69. The van der Waals surface area contributed by atoms with Crippen molar-refractivity contribution in [2.45, 2.75) is 12.5 Å². The lowest BCUT2D eigenvalue weighted by atomic mass is 10.2. The van der Waals surface area contributed by atoms with Crippen LogP contribution in [0.1, 0.15) is 16.8 Å². The van der Waals surface area contributed by atoms with E-state index in [1.807, 2.05) is 0 Å². The lowest BCUT2D eigenvalue weighted by molar-refractivity contribution is 0.112. The number of hydrogen-bond acceptors (Lipinski definition) is 5. The topological polar surface area (TPSA) is 54.0 Å². The fourth-order valence-electron chi connectivity index (χ4n) is 1.68. The van der Waals surface area contributed by atoms with Crippen LogP contribution in [0.5, 0.6) is 5.75 Å². The summed E-state index contributed by atoms with van der Waals surface area (Å²) in [6.07, 6.45) is 1.58. The molecule has 0 amide bonds. The average molecular weight is 284 g/mol. The van der Waals surface area contributed by atoms with Crippen molar-refractivity contribution in [2.75, 3.05) is 27.9 Å². The van der Waals surface area contributed by atoms with Gasteiger partial charge in [0.25, 0.3) is 0 Å². The minimum atomic E-state index is -2.50. The molecule has 0 heterocycles. The maximum Gasteiger partial charge on any atom is 0.500 e. The number of benzene rings is 1. The van der Waals surface area contributed by atoms with Crippen molar-refractivity contribution < 1.29 is 22.8 Å². The van der Waals surface area contributed by atoms with E-state index in [9.17, 15) is 4.79 Å². The van der Waals surface area contributed by atoms with Crippen molar-refractivity contribution in [3.8, 4) is 5.75 Å². The van der Waals surface area contributed by atoms with E-state index in [1.54, 1.807) is 45.6 Å². The molecule has 0 fully saturated rings. The predicted octanol–water partition coefficient (Wildman–Crippen LogP) is 2.15. The molecule has 1 aromatic rings. The Bertz CT molecular complexity index is 367. The van der Waals surface area contributed by atoms with Crippen molar-refractivity contribution in [1.82, 2.24) is 0 Å². The van der Waals surface area contributed by atoms with Gasteiger partial charge in [0.2, 0.25) is 0 Å². The smallest absolute Gasteiger partial charge is 0.494 e. The van der Waals surface area contributed by atoms with Crippen molar-refractivity contribution in [2.24, 2.45) is 0 Å². The Kier molecular flexibility index (Phi) is 6.72. The summed E-state index contributed by atoms with van der Waals surface area (Å²) in [6.45, 7) is 0.547. The summed E-state index contributed by atoms with van der Waals surface area (Å²) in [5, 5.41) is 0. The quantitative estimate of drug-likeness (QED) is 0.395. The maximum atomic E-state index is 10.5. The largest absolute Gasteiger partial charge is 0.500 e. The lowest BCUT2D eigenvalue weighted by Crippen LogP contribution is -2.42. The van der Waals surface area contributed by atoms with Gasteiger partial charge in [0, 0.05) is 32.9 Å². The molecule has 19 heavy (non-hydrogen) atoms. The van der Waals surface area contributed by atoms with Crippen molar-refractivity contribution in [3.63, 3.8) is 0 Å². The van der Waals surface area contributed by atoms with Crippen LogP contribution in [-0.2, 0) is 13.3 Å². The zero-order valence-electron chi connectivity index (χ0n) is 11.5. The van der Waals surface area contributed by atoms with Crippen LogP contribution < -0.4 is 4.74 Å². The Morgan fingerprint density at radius 1 is 1.05 bits per heavy atom. The van der Waals surface area contributed by atoms with Crippen molar-refractivity contribution in [1.29, 1.82) is 0 Å². The molecule has 0 bridgehead atoms. The highest BCUT2D eigenvalue weighted by Gasteiger charge is 2.36. The molecular formula is C13H20O5Si. The lowest BCUT2D eigenvalue weighted by Gasteiger charge is -2.24. The Labute approximate surface area is 114 Å². The molecule has 0 aliphatic rings. The maximum absolute atomic E-state index is 10.5. The van der Waals surface area contributed by atoms with Gasteiger partial charge in [-0.1, -0.05) is 0 Å². The molecule has 1 aromatic carbocycles. The second kappa shape index (κ2) is 8.06. The first kappa shape index (κ1) is 15.8. The van der Waals surface area contributed by atoms with Crippen LogP contribution in [0, 0.1) is 0 Å². The molecule has 0 saturated heterocycles. The van der Waals surface area contributed by atoms with Gasteiger partial charge in [-0.15, -0.1) is 0 Å². The normalized spacial score (nSPS) is 11.3. The third-order valence-corrected chi connectivity index (χ3v) is 5.68. The minimum absolute atomic E-state index is 0.547. The summed E-state index contributed by atoms with van der Waals surface area (Å²) in [7, 11) is 2.29. The molecule has 1 rings (SSSR count). The molecule has 0 unspecified atom stereocenters. The Morgan fingerprint density at radius 3 is 2.11 bits per heavy atom.